The minimum Gasteiger partial charge on any atom is -0.383 e. The number of anilines is 1. The number of rotatable bonds is 12. The average Bonchev–Trinajstić information content (AvgIpc) is 3.75. The number of methoxy groups -OCH3 is 1. The Morgan fingerprint density at radius 2 is 1.95 bits per heavy atom. The standard InChI is InChI=1S/C31H36N6O3/c1-40-22-28-15-9-17-36(28)29(38)16-7-2-4-12-26-21-37(27-13-5-3-6-14-27)31(34-26)35-30(39)24-11-8-10-23(18-24)25-19-32-33-20-25/h3,5-6,8,10-11,13-14,18-21,28H,2,4,7,9,12,15-17,22H2,1H3,(H,32,33)(H,34,35,39)/t28-/m1/s1. The van der Waals surface area contributed by atoms with Crippen molar-refractivity contribution in [2.45, 2.75) is 51.0 Å². The molecule has 0 saturated carbocycles. The molecule has 9 heteroatoms. The molecule has 40 heavy (non-hydrogen) atoms. The van der Waals surface area contributed by atoms with Crippen LogP contribution in [0.4, 0.5) is 5.95 Å². The number of imidazole rings is 1. The molecule has 2 N–H and O–H groups in total. The lowest BCUT2D eigenvalue weighted by Crippen LogP contribution is -2.37. The van der Waals surface area contributed by atoms with Gasteiger partial charge in [-0.25, -0.2) is 4.98 Å². The highest BCUT2D eigenvalue weighted by atomic mass is 16.5. The number of aromatic amines is 1. The quantitative estimate of drug-likeness (QED) is 0.239. The Hall–Kier alpha value is -4.24. The van der Waals surface area contributed by atoms with E-state index in [9.17, 15) is 9.59 Å². The van der Waals surface area contributed by atoms with E-state index in [1.807, 2.05) is 64.2 Å². The van der Waals surface area contributed by atoms with E-state index >= 15 is 0 Å². The van der Waals surface area contributed by atoms with Crippen molar-refractivity contribution in [1.29, 1.82) is 0 Å². The van der Waals surface area contributed by atoms with Gasteiger partial charge in [0.05, 0.1) is 24.5 Å². The van der Waals surface area contributed by atoms with E-state index in [0.717, 1.165) is 67.6 Å². The Labute approximate surface area is 234 Å². The largest absolute Gasteiger partial charge is 0.383 e. The van der Waals surface area contributed by atoms with Gasteiger partial charge in [-0.05, 0) is 61.9 Å². The Morgan fingerprint density at radius 1 is 1.07 bits per heavy atom. The normalized spacial score (nSPS) is 14.9. The molecular formula is C31H36N6O3. The van der Waals surface area contributed by atoms with Gasteiger partial charge in [0.25, 0.3) is 5.91 Å². The first-order valence-electron chi connectivity index (χ1n) is 13.9. The number of para-hydroxylation sites is 1. The minimum absolute atomic E-state index is 0.223. The zero-order chi connectivity index (χ0) is 27.7. The molecule has 2 amide bonds. The van der Waals surface area contributed by atoms with Crippen LogP contribution >= 0.6 is 0 Å². The molecule has 0 spiro atoms. The van der Waals surface area contributed by atoms with E-state index in [2.05, 4.69) is 15.5 Å². The summed E-state index contributed by atoms with van der Waals surface area (Å²) in [6.45, 7) is 1.45. The SMILES string of the molecule is COC[C@H]1CCCN1C(=O)CCCCCc1cn(-c2ccccc2)c(NC(=O)c2cccc(-c3cn[nH]c3)c2)n1. The molecule has 208 valence electrons. The van der Waals surface area contributed by atoms with Crippen molar-refractivity contribution < 1.29 is 14.3 Å². The average molecular weight is 541 g/mol. The maximum Gasteiger partial charge on any atom is 0.258 e. The number of likely N-dealkylation sites (tertiary alicyclic amines) is 1. The molecule has 1 fully saturated rings. The molecule has 0 unspecified atom stereocenters. The highest BCUT2D eigenvalue weighted by molar-refractivity contribution is 6.04. The third-order valence-corrected chi connectivity index (χ3v) is 7.35. The molecule has 2 aromatic carbocycles. The molecule has 0 bridgehead atoms. The van der Waals surface area contributed by atoms with Crippen molar-refractivity contribution in [1.82, 2.24) is 24.6 Å². The number of hydrogen-bond donors (Lipinski definition) is 2. The van der Waals surface area contributed by atoms with Gasteiger partial charge in [0.15, 0.2) is 0 Å². The zero-order valence-corrected chi connectivity index (χ0v) is 22.9. The number of amides is 2. The van der Waals surface area contributed by atoms with Crippen LogP contribution < -0.4 is 5.32 Å². The van der Waals surface area contributed by atoms with Crippen LogP contribution in [-0.2, 0) is 16.0 Å². The molecule has 4 aromatic rings. The van der Waals surface area contributed by atoms with Gasteiger partial charge >= 0.3 is 0 Å². The van der Waals surface area contributed by atoms with Gasteiger partial charge in [-0.1, -0.05) is 36.8 Å². The Bertz CT molecular complexity index is 1400. The number of hydrogen-bond acceptors (Lipinski definition) is 5. The van der Waals surface area contributed by atoms with Crippen LogP contribution in [0.15, 0.2) is 73.2 Å². The topological polar surface area (TPSA) is 105 Å². The van der Waals surface area contributed by atoms with Gasteiger partial charge in [-0.15, -0.1) is 0 Å². The van der Waals surface area contributed by atoms with Gasteiger partial charge in [0.1, 0.15) is 0 Å². The second-order valence-electron chi connectivity index (χ2n) is 10.2. The number of ether oxygens (including phenoxy) is 1. The molecule has 3 heterocycles. The zero-order valence-electron chi connectivity index (χ0n) is 22.9. The molecule has 1 aliphatic heterocycles. The number of carbonyl (C=O) groups excluding carboxylic acids is 2. The van der Waals surface area contributed by atoms with Crippen LogP contribution in [-0.4, -0.2) is 62.8 Å². The number of carbonyl (C=O) groups is 2. The first-order chi connectivity index (χ1) is 19.6. The number of H-pyrrole nitrogens is 1. The summed E-state index contributed by atoms with van der Waals surface area (Å²) in [6.07, 6.45) is 11.6. The lowest BCUT2D eigenvalue weighted by molar-refractivity contribution is -0.133. The van der Waals surface area contributed by atoms with Gasteiger partial charge in [-0.2, -0.15) is 5.10 Å². The lowest BCUT2D eigenvalue weighted by Gasteiger charge is -2.24. The van der Waals surface area contributed by atoms with E-state index < -0.39 is 0 Å². The number of nitrogens with one attached hydrogen (secondary N) is 2. The van der Waals surface area contributed by atoms with Gasteiger partial charge < -0.3 is 9.64 Å². The van der Waals surface area contributed by atoms with Crippen LogP contribution in [0.3, 0.4) is 0 Å². The predicted octanol–water partition coefficient (Wildman–Crippen LogP) is 5.26. The summed E-state index contributed by atoms with van der Waals surface area (Å²) in [6, 6.07) is 17.5. The summed E-state index contributed by atoms with van der Waals surface area (Å²) in [5.41, 5.74) is 4.19. The highest BCUT2D eigenvalue weighted by Crippen LogP contribution is 2.23. The smallest absolute Gasteiger partial charge is 0.258 e. The third kappa shape index (κ3) is 6.66. The Morgan fingerprint density at radius 3 is 2.75 bits per heavy atom. The van der Waals surface area contributed by atoms with Crippen LogP contribution in [0.25, 0.3) is 16.8 Å². The van der Waals surface area contributed by atoms with Crippen molar-refractivity contribution in [3.63, 3.8) is 0 Å². The number of benzene rings is 2. The molecule has 1 atom stereocenters. The first-order valence-corrected chi connectivity index (χ1v) is 13.9. The molecule has 5 rings (SSSR count). The summed E-state index contributed by atoms with van der Waals surface area (Å²) in [7, 11) is 1.69. The number of nitrogens with zero attached hydrogens (tertiary/aromatic N) is 4. The van der Waals surface area contributed by atoms with Crippen molar-refractivity contribution in [3.8, 4) is 16.8 Å². The van der Waals surface area contributed by atoms with Crippen LogP contribution in [0, 0.1) is 0 Å². The molecule has 0 aliphatic carbocycles. The fourth-order valence-corrected chi connectivity index (χ4v) is 5.28. The summed E-state index contributed by atoms with van der Waals surface area (Å²) < 4.78 is 7.20. The van der Waals surface area contributed by atoms with E-state index in [0.29, 0.717) is 24.5 Å². The Kier molecular flexibility index (Phi) is 9.03. The second kappa shape index (κ2) is 13.2. The number of aryl methyl sites for hydroxylation is 1. The predicted molar refractivity (Wildman–Crippen MR) is 154 cm³/mol. The van der Waals surface area contributed by atoms with E-state index in [1.165, 1.54) is 0 Å². The van der Waals surface area contributed by atoms with Crippen LogP contribution in [0.2, 0.25) is 0 Å². The maximum atomic E-state index is 13.2. The Balaban J connectivity index is 1.21. The van der Waals surface area contributed by atoms with Crippen molar-refractivity contribution in [2.24, 2.45) is 0 Å². The maximum absolute atomic E-state index is 13.2. The van der Waals surface area contributed by atoms with Crippen LogP contribution in [0.5, 0.6) is 0 Å². The molecule has 2 aromatic heterocycles. The summed E-state index contributed by atoms with van der Waals surface area (Å²) in [4.78, 5) is 32.7. The van der Waals surface area contributed by atoms with Crippen molar-refractivity contribution >= 4 is 17.8 Å². The van der Waals surface area contributed by atoms with Gasteiger partial charge in [0, 0.05) is 49.3 Å². The molecule has 0 radical (unpaired) electrons. The van der Waals surface area contributed by atoms with Crippen molar-refractivity contribution in [3.05, 3.63) is 84.4 Å². The molecule has 1 saturated heterocycles. The van der Waals surface area contributed by atoms with Crippen molar-refractivity contribution in [2.75, 3.05) is 25.6 Å². The molecule has 9 nitrogen and oxygen atoms in total. The number of unbranched alkanes of at least 4 members (excludes halogenated alkanes) is 2. The number of aromatic nitrogens is 4. The molecule has 1 aliphatic rings. The van der Waals surface area contributed by atoms with E-state index in [4.69, 9.17) is 9.72 Å². The highest BCUT2D eigenvalue weighted by Gasteiger charge is 2.27. The fourth-order valence-electron chi connectivity index (χ4n) is 5.28. The second-order valence-corrected chi connectivity index (χ2v) is 10.2. The van der Waals surface area contributed by atoms with E-state index in [-0.39, 0.29) is 17.9 Å². The van der Waals surface area contributed by atoms with Gasteiger partial charge in [-0.3, -0.25) is 24.6 Å². The monoisotopic (exact) mass is 540 g/mol. The summed E-state index contributed by atoms with van der Waals surface area (Å²) >= 11 is 0. The fraction of sp³-hybridized carbons (Fsp3) is 0.355. The minimum atomic E-state index is -0.230. The lowest BCUT2D eigenvalue weighted by atomic mass is 10.1. The van der Waals surface area contributed by atoms with Crippen LogP contribution in [0.1, 0.15) is 54.6 Å². The molecular weight excluding hydrogens is 504 g/mol. The first kappa shape index (κ1) is 27.3. The third-order valence-electron chi connectivity index (χ3n) is 7.35. The van der Waals surface area contributed by atoms with Gasteiger partial charge in [0.2, 0.25) is 11.9 Å². The summed E-state index contributed by atoms with van der Waals surface area (Å²) in [5, 5.41) is 9.82. The van der Waals surface area contributed by atoms with E-state index in [1.54, 1.807) is 25.6 Å². The summed E-state index contributed by atoms with van der Waals surface area (Å²) in [5.74, 6) is 0.481.